The molecule has 7 aliphatic rings. The monoisotopic (exact) mass is 1740 g/mol. The molecule has 1 saturated carbocycles. The topological polar surface area (TPSA) is 757 Å². The predicted molar refractivity (Wildman–Crippen MR) is 306 cm³/mol. The second-order valence-corrected chi connectivity index (χ2v) is 22.5. The van der Waals surface area contributed by atoms with E-state index in [1.54, 1.807) is 6.92 Å². The van der Waals surface area contributed by atoms with E-state index < -0.39 is 248 Å². The smallest absolute Gasteiger partial charge is 0.676 e. The standard InChI is InChI=1S/C23H41N3O15.C22H39N3O16.C6H12N2.2H3N.2Pt/c1-7-15(26-11(30)2-3-12(31)32)19(36)21(9(5-28)37-7)41-23-14(25)18(35)20(10(6-29)39-23)40-22-13(24)17(34)16(33)8(4-27)38-22;23-11-15(33)14(32)6(3-26)38-21(11)40-18-8(5-28)39-22(12(24)16(18)34)41-19-7(4-27)37-20(36)13(17(19)35)25-9(29)1-2-10(30)31;7-5-3-1-2-4-6(5)8;;;;/h2-3,7-11,13-23,26-30,33-36H,4-6,24-25H2,1H3,(H,31,32);1-2,6-9,11-22,25-29,32-36H,3-5,23-24H2,(H,30,31);5-8H,1-4H2;2*1H3;;/q;;-2;;;;+2/t7-,8?,9?,10?,11?,13?,14?,15?,16+,17+,18+,19+,20+,21+,22-,23-;6?,7?,8?,9?,11?,12?,13?,14-,15-,16-,17-,18-,19-,20-,21+,22+;;;;;/m01...../s1. The summed E-state index contributed by atoms with van der Waals surface area (Å²) in [6.45, 7) is -2.72. The molecule has 6 saturated heterocycles. The van der Waals surface area contributed by atoms with Gasteiger partial charge in [-0.3, -0.25) is 10.6 Å². The van der Waals surface area contributed by atoms with Crippen molar-refractivity contribution in [3.05, 3.63) is 35.8 Å². The Bertz CT molecular complexity index is 2070. The molecule has 0 aromatic carbocycles. The Kier molecular flexibility index (Phi) is 40.9. The van der Waals surface area contributed by atoms with Crippen LogP contribution >= 0.6 is 0 Å². The van der Waals surface area contributed by atoms with E-state index in [-0.39, 0.29) is 66.5 Å². The average molecular weight is 1740 g/mol. The van der Waals surface area contributed by atoms with Crippen LogP contribution in [0.5, 0.6) is 0 Å². The van der Waals surface area contributed by atoms with Gasteiger partial charge in [-0.25, -0.2) is 9.59 Å². The first-order valence-electron chi connectivity index (χ1n) is 29.0. The minimum atomic E-state index is -1.79. The summed E-state index contributed by atoms with van der Waals surface area (Å²) < 4.78 is 56.1. The molecule has 6 heterocycles. The first-order chi connectivity index (χ1) is 42.5. The SMILES string of the molecule is C[C@@H]1OC(CO)[C@@H](O[C@@H]2OC(CO)[C@@H](O[C@@H]3OC(CO)[C@@H](O)[C@H](O)C3N)[C@H](O)C2N)[C@H](O)C1NC(O)C=CC(=O)O.N.N.NC1[C@H](O[C@@H]2C(CO)O[C@@H](O[C@@H]3C(CO)O[C@@H](O)C(NC(O)C=CC(=O)O)[C@H]3O)C(N)[C@H]2O)OC(CO)[C@@H](O)[C@@H]1O.[NH-]C1CCCCC1[NH-].[Pt+2].[Pt]. The van der Waals surface area contributed by atoms with E-state index in [1.807, 2.05) is 0 Å². The number of rotatable bonds is 22. The normalized spacial score (nSPS) is 43.9. The molecule has 41 nitrogen and oxygen atoms in total. The van der Waals surface area contributed by atoms with Crippen molar-refractivity contribution < 1.29 is 196 Å². The number of carboxylic acid groups (broad SMARTS) is 2. The van der Waals surface area contributed by atoms with Crippen LogP contribution in [0.3, 0.4) is 0 Å². The molecule has 7 rings (SSSR count). The number of carboxylic acids is 2. The van der Waals surface area contributed by atoms with E-state index in [9.17, 15) is 96.4 Å². The molecule has 0 radical (unpaired) electrons. The Morgan fingerprint density at radius 2 is 0.745 bits per heavy atom. The summed E-state index contributed by atoms with van der Waals surface area (Å²) in [7, 11) is 0. The third kappa shape index (κ3) is 23.4. The Balaban J connectivity index is 0.000000806. The van der Waals surface area contributed by atoms with E-state index in [1.165, 1.54) is 12.8 Å². The summed E-state index contributed by atoms with van der Waals surface area (Å²) in [5.41, 5.74) is 38.6. The van der Waals surface area contributed by atoms with Gasteiger partial charge in [0.15, 0.2) is 31.5 Å². The Morgan fingerprint density at radius 1 is 0.468 bits per heavy atom. The molecule has 0 spiro atoms. The van der Waals surface area contributed by atoms with Gasteiger partial charge in [-0.1, -0.05) is 25.7 Å². The van der Waals surface area contributed by atoms with Crippen LogP contribution in [0.2, 0.25) is 0 Å². The summed E-state index contributed by atoms with van der Waals surface area (Å²) in [5.74, 6) is -2.67. The van der Waals surface area contributed by atoms with Gasteiger partial charge >= 0.3 is 33.0 Å². The van der Waals surface area contributed by atoms with Crippen LogP contribution < -0.4 is 45.9 Å². The quantitative estimate of drug-likeness (QED) is 0.0353. The predicted octanol–water partition coefficient (Wildman–Crippen LogP) is -12.4. The van der Waals surface area contributed by atoms with Crippen molar-refractivity contribution in [2.75, 3.05) is 39.6 Å². The zero-order chi connectivity index (χ0) is 67.2. The molecule has 0 aromatic rings. The fourth-order valence-corrected chi connectivity index (χ4v) is 10.9. The molecule has 1 aliphatic carbocycles. The minimum Gasteiger partial charge on any atom is -0.676 e. The first kappa shape index (κ1) is 90.3. The van der Waals surface area contributed by atoms with Crippen molar-refractivity contribution >= 4 is 11.9 Å². The van der Waals surface area contributed by atoms with E-state index in [2.05, 4.69) is 10.6 Å². The van der Waals surface area contributed by atoms with Gasteiger partial charge in [0.1, 0.15) is 122 Å². The van der Waals surface area contributed by atoms with Gasteiger partial charge in [0, 0.05) is 33.2 Å². The van der Waals surface area contributed by atoms with Gasteiger partial charge in [0.25, 0.3) is 0 Å². The Morgan fingerprint density at radius 3 is 1.06 bits per heavy atom. The summed E-state index contributed by atoms with van der Waals surface area (Å²) in [6.07, 6.45) is -30.4. The molecule has 0 bridgehead atoms. The largest absolute Gasteiger partial charge is 2.00 e. The van der Waals surface area contributed by atoms with Gasteiger partial charge in [0.05, 0.1) is 82.0 Å². The van der Waals surface area contributed by atoms with Crippen LogP contribution in [0.1, 0.15) is 32.6 Å². The number of aliphatic carboxylic acids is 2. The summed E-state index contributed by atoms with van der Waals surface area (Å²) in [5, 5.41) is 195. The molecule has 16 unspecified atom stereocenters. The minimum absolute atomic E-state index is 0. The maximum absolute atomic E-state index is 11.1. The van der Waals surface area contributed by atoms with E-state index in [0.29, 0.717) is 12.2 Å². The van der Waals surface area contributed by atoms with Crippen molar-refractivity contribution in [3.63, 3.8) is 0 Å². The Hall–Kier alpha value is -1.68. The summed E-state index contributed by atoms with van der Waals surface area (Å²) in [6, 6.07) is -8.13. The van der Waals surface area contributed by atoms with Gasteiger partial charge in [-0.2, -0.15) is 12.1 Å². The molecule has 43 heteroatoms. The van der Waals surface area contributed by atoms with Gasteiger partial charge in [-0.05, 0) is 19.1 Å². The van der Waals surface area contributed by atoms with E-state index >= 15 is 0 Å². The van der Waals surface area contributed by atoms with Crippen molar-refractivity contribution in [1.82, 2.24) is 22.9 Å². The fourth-order valence-electron chi connectivity index (χ4n) is 10.9. The molecule has 94 heavy (non-hydrogen) atoms. The third-order valence-electron chi connectivity index (χ3n) is 16.2. The number of nitrogens with two attached hydrogens (primary N) is 4. The van der Waals surface area contributed by atoms with Gasteiger partial charge in [0.2, 0.25) is 0 Å². The third-order valence-corrected chi connectivity index (χ3v) is 16.2. The number of carbonyl (C=O) groups is 2. The molecular weight excluding hydrogens is 1640 g/mol. The molecule has 6 aliphatic heterocycles. The Labute approximate surface area is 567 Å². The number of ether oxygens (including phenoxy) is 10. The summed E-state index contributed by atoms with van der Waals surface area (Å²) >= 11 is 0. The maximum Gasteiger partial charge on any atom is 2.00 e. The van der Waals surface area contributed by atoms with Crippen LogP contribution in [-0.2, 0) is 99.1 Å². The van der Waals surface area contributed by atoms with Crippen molar-refractivity contribution in [1.29, 1.82) is 0 Å². The molecule has 558 valence electrons. The average Bonchev–Trinajstić information content (AvgIpc) is 0.798. The van der Waals surface area contributed by atoms with E-state index in [4.69, 9.17) is 92.0 Å². The second-order valence-electron chi connectivity index (χ2n) is 22.5. The summed E-state index contributed by atoms with van der Waals surface area (Å²) in [4.78, 5) is 21.4. The zero-order valence-electron chi connectivity index (χ0n) is 50.8. The zero-order valence-corrected chi connectivity index (χ0v) is 55.3. The fraction of sp³-hybridized carbons (Fsp3) is 0.882. The molecule has 34 atom stereocenters. The number of nitrogens with one attached hydrogen (secondary N) is 4. The van der Waals surface area contributed by atoms with Crippen LogP contribution in [-0.4, -0.2) is 357 Å². The second kappa shape index (κ2) is 42.5. The van der Waals surface area contributed by atoms with Crippen molar-refractivity contribution in [2.45, 2.75) is 241 Å². The molecule has 7 fully saturated rings. The van der Waals surface area contributed by atoms with Gasteiger partial charge in [-0.15, -0.1) is 0 Å². The van der Waals surface area contributed by atoms with Crippen molar-refractivity contribution in [2.24, 2.45) is 22.9 Å². The van der Waals surface area contributed by atoms with Crippen LogP contribution in [0.15, 0.2) is 24.3 Å². The molecule has 0 amide bonds. The number of aliphatic hydroxyl groups is 17. The maximum atomic E-state index is 11.1. The van der Waals surface area contributed by atoms with Gasteiger partial charge < -0.3 is 191 Å². The molecular formula is C51H98N10O31Pt2. The van der Waals surface area contributed by atoms with Crippen LogP contribution in [0, 0.1) is 0 Å². The van der Waals surface area contributed by atoms with Crippen molar-refractivity contribution in [3.8, 4) is 0 Å². The first-order valence-corrected chi connectivity index (χ1v) is 29.0. The van der Waals surface area contributed by atoms with E-state index in [0.717, 1.165) is 25.0 Å². The molecule has 0 aromatic heterocycles. The molecule has 37 N–H and O–H groups in total. The van der Waals surface area contributed by atoms with Crippen LogP contribution in [0.4, 0.5) is 0 Å². The number of aliphatic hydroxyl groups excluding tert-OH is 17. The number of hydrogen-bond donors (Lipinski definition) is 27. The number of hydrogen-bond acceptors (Lipinski definition) is 37. The van der Waals surface area contributed by atoms with Crippen LogP contribution in [0.25, 0.3) is 11.5 Å².